The molecule has 0 aromatic heterocycles. The smallest absolute Gasteiger partial charge is 0.495 e. The Morgan fingerprint density at radius 2 is 1.80 bits per heavy atom. The molecule has 51 heavy (non-hydrogen) atoms. The highest BCUT2D eigenvalue weighted by Gasteiger charge is 2.49. The van der Waals surface area contributed by atoms with Crippen LogP contribution >= 0.6 is 11.6 Å². The minimum atomic E-state index is -1.29. The lowest BCUT2D eigenvalue weighted by Gasteiger charge is -2.25. The number of carbonyl (C=O) groups excluding carboxylic acids is 3. The van der Waals surface area contributed by atoms with Gasteiger partial charge < -0.3 is 39.1 Å². The summed E-state index contributed by atoms with van der Waals surface area (Å²) in [6.45, 7) is 11.7. The van der Waals surface area contributed by atoms with Gasteiger partial charge in [0.2, 0.25) is 12.2 Å². The number of amides is 1. The number of carbonyl (C=O) groups is 3. The van der Waals surface area contributed by atoms with Crippen LogP contribution in [0.2, 0.25) is 5.02 Å². The van der Waals surface area contributed by atoms with E-state index in [1.165, 1.54) is 44.4 Å². The number of esters is 1. The standard InChI is InChI=1S/C36H48ClFN4O9/c1-21(51-34(45)48-15-14-36(5,6)49-20-40-19-46-7)50-33(44)22-12-13-26(28(16-22)47-8)42-32(43)31-29(23-10-9-11-25(37)30(23)38)24(18-39)27(41-31)17-35(2,3)4/h9-13,16,21,24,27,29,31,40-41H,14-15,17,19-20H2,1-8H3,(H,42,43)/t21?,24?,27?,29?,31-/m1/s1. The third kappa shape index (κ3) is 12.0. The number of rotatable bonds is 16. The third-order valence-electron chi connectivity index (χ3n) is 8.14. The topological polar surface area (TPSA) is 166 Å². The SMILES string of the molecule is COCNCOC(C)(C)CCOC(=O)OC(C)OC(=O)c1ccc(NC(=O)[C@@H]2NC(CC(C)(C)C)C(C#N)C2c2cccc(Cl)c2F)c(OC)c1. The van der Waals surface area contributed by atoms with Gasteiger partial charge in [-0.3, -0.25) is 10.1 Å². The van der Waals surface area contributed by atoms with Crippen LogP contribution < -0.4 is 20.7 Å². The van der Waals surface area contributed by atoms with Crippen molar-refractivity contribution in [1.82, 2.24) is 10.6 Å². The van der Waals surface area contributed by atoms with Crippen molar-refractivity contribution >= 4 is 35.3 Å². The monoisotopic (exact) mass is 734 g/mol. The molecular weight excluding hydrogens is 687 g/mol. The number of hydrogen-bond acceptors (Lipinski definition) is 12. The fourth-order valence-electron chi connectivity index (χ4n) is 5.69. The quantitative estimate of drug-likeness (QED) is 0.103. The third-order valence-corrected chi connectivity index (χ3v) is 8.44. The molecular formula is C36H48ClFN4O9. The Morgan fingerprint density at radius 1 is 1.08 bits per heavy atom. The maximum atomic E-state index is 15.3. The second-order valence-electron chi connectivity index (χ2n) is 13.9. The molecule has 0 radical (unpaired) electrons. The fraction of sp³-hybridized carbons (Fsp3) is 0.556. The highest BCUT2D eigenvalue weighted by Crippen LogP contribution is 2.42. The van der Waals surface area contributed by atoms with E-state index in [1.807, 2.05) is 34.6 Å². The van der Waals surface area contributed by atoms with E-state index in [2.05, 4.69) is 22.0 Å². The molecule has 0 bridgehead atoms. The van der Waals surface area contributed by atoms with E-state index < -0.39 is 59.7 Å². The van der Waals surface area contributed by atoms with Gasteiger partial charge in [-0.05, 0) is 55.5 Å². The summed E-state index contributed by atoms with van der Waals surface area (Å²) in [4.78, 5) is 38.9. The molecule has 1 aliphatic rings. The van der Waals surface area contributed by atoms with Gasteiger partial charge in [-0.25, -0.2) is 14.0 Å². The minimum Gasteiger partial charge on any atom is -0.495 e. The van der Waals surface area contributed by atoms with Crippen LogP contribution in [0.15, 0.2) is 36.4 Å². The summed E-state index contributed by atoms with van der Waals surface area (Å²) in [6.07, 6.45) is -1.39. The van der Waals surface area contributed by atoms with Crippen LogP contribution in [0.3, 0.4) is 0 Å². The average molecular weight is 735 g/mol. The van der Waals surface area contributed by atoms with Crippen LogP contribution in [0.1, 0.15) is 76.2 Å². The lowest BCUT2D eigenvalue weighted by atomic mass is 9.77. The molecule has 4 unspecified atom stereocenters. The van der Waals surface area contributed by atoms with Crippen molar-refractivity contribution in [2.24, 2.45) is 11.3 Å². The zero-order valence-electron chi connectivity index (χ0n) is 30.3. The van der Waals surface area contributed by atoms with Crippen LogP contribution in [-0.4, -0.2) is 76.3 Å². The number of methoxy groups -OCH3 is 2. The van der Waals surface area contributed by atoms with E-state index in [0.717, 1.165) is 0 Å². The maximum Gasteiger partial charge on any atom is 0.511 e. The van der Waals surface area contributed by atoms with Crippen molar-refractivity contribution < 1.29 is 47.2 Å². The zero-order valence-corrected chi connectivity index (χ0v) is 31.0. The van der Waals surface area contributed by atoms with Gasteiger partial charge in [0.15, 0.2) is 0 Å². The Morgan fingerprint density at radius 3 is 2.45 bits per heavy atom. The first kappa shape index (κ1) is 41.4. The Balaban J connectivity index is 1.66. The summed E-state index contributed by atoms with van der Waals surface area (Å²) in [6, 6.07) is 9.60. The van der Waals surface area contributed by atoms with Gasteiger partial charge >= 0.3 is 12.1 Å². The summed E-state index contributed by atoms with van der Waals surface area (Å²) in [5.41, 5.74) is -0.370. The molecule has 280 valence electrons. The predicted molar refractivity (Wildman–Crippen MR) is 187 cm³/mol. The first-order chi connectivity index (χ1) is 24.0. The van der Waals surface area contributed by atoms with Gasteiger partial charge in [0.1, 0.15) is 11.6 Å². The lowest BCUT2D eigenvalue weighted by Crippen LogP contribution is -2.42. The van der Waals surface area contributed by atoms with Gasteiger partial charge in [-0.1, -0.05) is 44.5 Å². The van der Waals surface area contributed by atoms with Crippen molar-refractivity contribution in [3.8, 4) is 11.8 Å². The molecule has 0 aliphatic carbocycles. The van der Waals surface area contributed by atoms with E-state index in [4.69, 9.17) is 40.0 Å². The number of hydrogen-bond donors (Lipinski definition) is 3. The summed E-state index contributed by atoms with van der Waals surface area (Å²) in [5.74, 6) is -3.52. The van der Waals surface area contributed by atoms with Crippen molar-refractivity contribution in [3.05, 3.63) is 58.4 Å². The van der Waals surface area contributed by atoms with Gasteiger partial charge in [-0.2, -0.15) is 5.26 Å². The molecule has 5 atom stereocenters. The van der Waals surface area contributed by atoms with E-state index in [-0.39, 0.29) is 46.3 Å². The summed E-state index contributed by atoms with van der Waals surface area (Å²) < 4.78 is 46.8. The largest absolute Gasteiger partial charge is 0.511 e. The molecule has 15 heteroatoms. The number of halogens is 2. The van der Waals surface area contributed by atoms with Gasteiger partial charge in [0.25, 0.3) is 0 Å². The number of ether oxygens (including phenoxy) is 6. The Labute approximate surface area is 303 Å². The highest BCUT2D eigenvalue weighted by molar-refractivity contribution is 6.30. The van der Waals surface area contributed by atoms with Crippen LogP contribution in [0.5, 0.6) is 5.75 Å². The molecule has 1 saturated heterocycles. The van der Waals surface area contributed by atoms with Crippen LogP contribution in [0, 0.1) is 28.5 Å². The van der Waals surface area contributed by atoms with Crippen LogP contribution in [-0.2, 0) is 28.5 Å². The predicted octanol–water partition coefficient (Wildman–Crippen LogP) is 6.12. The van der Waals surface area contributed by atoms with Crippen LogP contribution in [0.25, 0.3) is 0 Å². The fourth-order valence-corrected chi connectivity index (χ4v) is 5.87. The molecule has 2 aromatic rings. The van der Waals surface area contributed by atoms with Crippen molar-refractivity contribution in [2.45, 2.75) is 84.3 Å². The van der Waals surface area contributed by atoms with Crippen molar-refractivity contribution in [3.63, 3.8) is 0 Å². The molecule has 1 heterocycles. The first-order valence-corrected chi connectivity index (χ1v) is 16.8. The number of nitrogens with one attached hydrogen (secondary N) is 3. The van der Waals surface area contributed by atoms with Crippen molar-refractivity contribution in [2.75, 3.05) is 39.6 Å². The molecule has 2 aromatic carbocycles. The Kier molecular flexibility index (Phi) is 15.0. The number of anilines is 1. The maximum absolute atomic E-state index is 15.3. The molecule has 0 saturated carbocycles. The molecule has 3 rings (SSSR count). The zero-order chi connectivity index (χ0) is 37.9. The molecule has 1 amide bonds. The van der Waals surface area contributed by atoms with E-state index in [1.54, 1.807) is 13.2 Å². The molecule has 13 nitrogen and oxygen atoms in total. The van der Waals surface area contributed by atoms with Gasteiger partial charge in [-0.15, -0.1) is 0 Å². The number of nitriles is 1. The second kappa shape index (κ2) is 18.5. The minimum absolute atomic E-state index is 0.000726. The highest BCUT2D eigenvalue weighted by atomic mass is 35.5. The molecule has 3 N–H and O–H groups in total. The second-order valence-corrected chi connectivity index (χ2v) is 14.3. The van der Waals surface area contributed by atoms with E-state index in [0.29, 0.717) is 19.6 Å². The summed E-state index contributed by atoms with van der Waals surface area (Å²) in [7, 11) is 2.91. The Bertz CT molecular complexity index is 1560. The first-order valence-electron chi connectivity index (χ1n) is 16.5. The van der Waals surface area contributed by atoms with Gasteiger partial charge in [0.05, 0.1) is 67.1 Å². The van der Waals surface area contributed by atoms with Crippen molar-refractivity contribution in [1.29, 1.82) is 5.26 Å². The number of nitrogens with zero attached hydrogens (tertiary/aromatic N) is 1. The summed E-state index contributed by atoms with van der Waals surface area (Å²) >= 11 is 6.10. The number of benzene rings is 2. The molecule has 0 spiro atoms. The van der Waals surface area contributed by atoms with Gasteiger partial charge in [0, 0.05) is 32.4 Å². The molecule has 1 fully saturated rings. The van der Waals surface area contributed by atoms with E-state index in [9.17, 15) is 19.6 Å². The normalized spacial score (nSPS) is 19.5. The average Bonchev–Trinajstić information content (AvgIpc) is 3.40. The Hall–Kier alpha value is -4.00. The molecule has 1 aliphatic heterocycles. The van der Waals surface area contributed by atoms with Crippen LogP contribution in [0.4, 0.5) is 14.9 Å². The lowest BCUT2D eigenvalue weighted by molar-refractivity contribution is -0.118. The van der Waals surface area contributed by atoms with E-state index >= 15 is 4.39 Å². The summed E-state index contributed by atoms with van der Waals surface area (Å²) in [5, 5.41) is 19.1.